The molecule has 0 amide bonds. The van der Waals surface area contributed by atoms with Crippen LogP contribution >= 0.6 is 46.4 Å². The third-order valence-corrected chi connectivity index (χ3v) is 4.26. The van der Waals surface area contributed by atoms with Crippen LogP contribution in [0.4, 0.5) is 0 Å². The van der Waals surface area contributed by atoms with Gasteiger partial charge >= 0.3 is 5.97 Å². The summed E-state index contributed by atoms with van der Waals surface area (Å²) in [5, 5.41) is 19.7. The Morgan fingerprint density at radius 2 is 1.50 bits per heavy atom. The van der Waals surface area contributed by atoms with Gasteiger partial charge in [-0.25, -0.2) is 4.79 Å². The zero-order valence-electron chi connectivity index (χ0n) is 11.7. The van der Waals surface area contributed by atoms with Crippen LogP contribution in [0.2, 0.25) is 20.1 Å². The fraction of sp³-hybridized carbons (Fsp3) is 0. The molecule has 0 saturated heterocycles. The quantitative estimate of drug-likeness (QED) is 0.394. The number of phenols is 1. The maximum absolute atomic E-state index is 12.2. The number of aromatic hydroxyl groups is 1. The summed E-state index contributed by atoms with van der Waals surface area (Å²) in [5.41, 5.74) is -0.328. The zero-order valence-corrected chi connectivity index (χ0v) is 14.7. The molecule has 0 radical (unpaired) electrons. The van der Waals surface area contributed by atoms with Gasteiger partial charge in [0.2, 0.25) is 0 Å². The summed E-state index contributed by atoms with van der Waals surface area (Å²) < 4.78 is 0. The van der Waals surface area contributed by atoms with Crippen molar-refractivity contribution in [1.82, 2.24) is 0 Å². The molecule has 2 rings (SSSR count). The van der Waals surface area contributed by atoms with Gasteiger partial charge in [0.15, 0.2) is 5.78 Å². The van der Waals surface area contributed by atoms with Crippen LogP contribution in [0.1, 0.15) is 26.3 Å². The van der Waals surface area contributed by atoms with Crippen LogP contribution in [0.15, 0.2) is 30.3 Å². The summed E-state index contributed by atoms with van der Waals surface area (Å²) in [6.45, 7) is 0. The molecule has 0 atom stereocenters. The third-order valence-electron chi connectivity index (χ3n) is 3.01. The lowest BCUT2D eigenvalue weighted by Gasteiger charge is -2.06. The molecular formula is C16H8Cl4O4. The first-order valence-corrected chi connectivity index (χ1v) is 7.84. The molecule has 0 aromatic heterocycles. The molecule has 0 aliphatic carbocycles. The molecule has 8 heteroatoms. The van der Waals surface area contributed by atoms with E-state index in [0.717, 1.165) is 12.1 Å². The normalized spacial score (nSPS) is 11.0. The van der Waals surface area contributed by atoms with E-state index in [1.807, 2.05) is 0 Å². The van der Waals surface area contributed by atoms with Crippen molar-refractivity contribution in [3.8, 4) is 5.75 Å². The highest BCUT2D eigenvalue weighted by molar-refractivity contribution is 6.44. The second kappa shape index (κ2) is 7.45. The Morgan fingerprint density at radius 1 is 0.917 bits per heavy atom. The summed E-state index contributed by atoms with van der Waals surface area (Å²) in [6, 6.07) is 5.17. The van der Waals surface area contributed by atoms with Gasteiger partial charge < -0.3 is 10.2 Å². The van der Waals surface area contributed by atoms with Crippen molar-refractivity contribution in [3.05, 3.63) is 67.1 Å². The molecule has 0 heterocycles. The van der Waals surface area contributed by atoms with Gasteiger partial charge in [0.1, 0.15) is 11.3 Å². The second-order valence-corrected chi connectivity index (χ2v) is 6.30. The smallest absolute Gasteiger partial charge is 0.339 e. The second-order valence-electron chi connectivity index (χ2n) is 4.64. The summed E-state index contributed by atoms with van der Waals surface area (Å²) in [6.07, 6.45) is 2.45. The Balaban J connectivity index is 2.43. The van der Waals surface area contributed by atoms with E-state index < -0.39 is 23.1 Å². The van der Waals surface area contributed by atoms with Gasteiger partial charge in [-0.15, -0.1) is 0 Å². The maximum Gasteiger partial charge on any atom is 0.339 e. The molecule has 2 aromatic carbocycles. The topological polar surface area (TPSA) is 74.6 Å². The summed E-state index contributed by atoms with van der Waals surface area (Å²) in [7, 11) is 0. The molecule has 0 saturated carbocycles. The number of hydrogen-bond donors (Lipinski definition) is 2. The zero-order chi connectivity index (χ0) is 18.0. The van der Waals surface area contributed by atoms with Gasteiger partial charge in [-0.2, -0.15) is 0 Å². The molecule has 0 fully saturated rings. The van der Waals surface area contributed by atoms with E-state index in [4.69, 9.17) is 51.5 Å². The van der Waals surface area contributed by atoms with Crippen LogP contribution in [0.25, 0.3) is 6.08 Å². The minimum absolute atomic E-state index is 0.00535. The highest BCUT2D eigenvalue weighted by Gasteiger charge is 2.18. The number of rotatable bonds is 4. The largest absolute Gasteiger partial charge is 0.506 e. The van der Waals surface area contributed by atoms with Crippen molar-refractivity contribution in [2.75, 3.05) is 0 Å². The minimum Gasteiger partial charge on any atom is -0.506 e. The Hall–Kier alpha value is -1.72. The van der Waals surface area contributed by atoms with Gasteiger partial charge in [-0.1, -0.05) is 46.4 Å². The molecule has 0 unspecified atom stereocenters. The number of allylic oxidation sites excluding steroid dienone is 1. The van der Waals surface area contributed by atoms with Crippen molar-refractivity contribution >= 4 is 64.2 Å². The van der Waals surface area contributed by atoms with Gasteiger partial charge in [-0.05, 0) is 42.0 Å². The van der Waals surface area contributed by atoms with Crippen LogP contribution in [0.5, 0.6) is 5.75 Å². The molecule has 0 aliphatic heterocycles. The molecule has 2 N–H and O–H groups in total. The van der Waals surface area contributed by atoms with Gasteiger partial charge in [0, 0.05) is 10.0 Å². The number of carbonyl (C=O) groups excluding carboxylic acids is 1. The van der Waals surface area contributed by atoms with Crippen molar-refractivity contribution in [1.29, 1.82) is 0 Å². The van der Waals surface area contributed by atoms with Gasteiger partial charge in [0.25, 0.3) is 0 Å². The lowest BCUT2D eigenvalue weighted by atomic mass is 10.0. The lowest BCUT2D eigenvalue weighted by molar-refractivity contribution is 0.0693. The van der Waals surface area contributed by atoms with Crippen molar-refractivity contribution < 1.29 is 19.8 Å². The standard InChI is InChI=1S/C16H8Cl4O4/c17-8-3-7(14(20)12(19)6-8)1-2-13(21)10-4-9(18)5-11(15(10)22)16(23)24/h1-6,22H,(H,23,24)/b2-1+. The van der Waals surface area contributed by atoms with Gasteiger partial charge in [0.05, 0.1) is 15.6 Å². The maximum atomic E-state index is 12.2. The molecule has 0 aliphatic rings. The molecule has 0 bridgehead atoms. The monoisotopic (exact) mass is 404 g/mol. The molecule has 124 valence electrons. The average molecular weight is 406 g/mol. The molecule has 24 heavy (non-hydrogen) atoms. The van der Waals surface area contributed by atoms with E-state index in [-0.39, 0.29) is 20.6 Å². The van der Waals surface area contributed by atoms with Crippen LogP contribution in [0.3, 0.4) is 0 Å². The fourth-order valence-corrected chi connectivity index (χ4v) is 2.80. The first-order chi connectivity index (χ1) is 11.2. The van der Waals surface area contributed by atoms with E-state index in [1.165, 1.54) is 24.3 Å². The predicted molar refractivity (Wildman–Crippen MR) is 94.9 cm³/mol. The number of ketones is 1. The first kappa shape index (κ1) is 18.6. The van der Waals surface area contributed by atoms with E-state index in [9.17, 15) is 14.7 Å². The Bertz CT molecular complexity index is 875. The number of benzene rings is 2. The molecule has 2 aromatic rings. The van der Waals surface area contributed by atoms with Gasteiger partial charge in [-0.3, -0.25) is 4.79 Å². The summed E-state index contributed by atoms with van der Waals surface area (Å²) in [5.74, 6) is -2.74. The summed E-state index contributed by atoms with van der Waals surface area (Å²) in [4.78, 5) is 23.3. The van der Waals surface area contributed by atoms with Crippen molar-refractivity contribution in [3.63, 3.8) is 0 Å². The SMILES string of the molecule is O=C(O)c1cc(Cl)cc(C(=O)/C=C/c2cc(Cl)cc(Cl)c2Cl)c1O. The third kappa shape index (κ3) is 4.02. The molecular weight excluding hydrogens is 398 g/mol. The number of aromatic carboxylic acids is 1. The predicted octanol–water partition coefficient (Wildman–Crippen LogP) is 5.60. The number of carboxylic acids is 1. The molecule has 0 spiro atoms. The minimum atomic E-state index is -1.40. The fourth-order valence-electron chi connectivity index (χ4n) is 1.90. The van der Waals surface area contributed by atoms with Crippen LogP contribution in [-0.2, 0) is 0 Å². The average Bonchev–Trinajstić information content (AvgIpc) is 2.50. The van der Waals surface area contributed by atoms with E-state index in [1.54, 1.807) is 0 Å². The Kier molecular flexibility index (Phi) is 5.78. The van der Waals surface area contributed by atoms with E-state index in [0.29, 0.717) is 10.6 Å². The van der Waals surface area contributed by atoms with Crippen LogP contribution in [0, 0.1) is 0 Å². The van der Waals surface area contributed by atoms with E-state index >= 15 is 0 Å². The number of carboxylic acid groups (broad SMARTS) is 1. The number of halogens is 4. The van der Waals surface area contributed by atoms with E-state index in [2.05, 4.69) is 0 Å². The van der Waals surface area contributed by atoms with Crippen LogP contribution < -0.4 is 0 Å². The summed E-state index contributed by atoms with van der Waals surface area (Å²) >= 11 is 23.6. The lowest BCUT2D eigenvalue weighted by Crippen LogP contribution is -2.03. The van der Waals surface area contributed by atoms with Crippen molar-refractivity contribution in [2.24, 2.45) is 0 Å². The molecule has 4 nitrogen and oxygen atoms in total. The Labute approximate surface area is 156 Å². The van der Waals surface area contributed by atoms with Crippen molar-refractivity contribution in [2.45, 2.75) is 0 Å². The highest BCUT2D eigenvalue weighted by Crippen LogP contribution is 2.31. The number of hydrogen-bond acceptors (Lipinski definition) is 3. The first-order valence-electron chi connectivity index (χ1n) is 6.33. The highest BCUT2D eigenvalue weighted by atomic mass is 35.5. The van der Waals surface area contributed by atoms with Crippen LogP contribution in [-0.4, -0.2) is 22.0 Å². The number of carbonyl (C=O) groups is 2. The Morgan fingerprint density at radius 3 is 2.12 bits per heavy atom.